The van der Waals surface area contributed by atoms with Crippen LogP contribution in [0, 0.1) is 0 Å². The van der Waals surface area contributed by atoms with Crippen LogP contribution in [-0.2, 0) is 5.41 Å². The second-order valence-corrected chi connectivity index (χ2v) is 5.26. The first kappa shape index (κ1) is 10.4. The van der Waals surface area contributed by atoms with Crippen LogP contribution in [0.4, 0.5) is 5.69 Å². The molecule has 0 radical (unpaired) electrons. The quantitative estimate of drug-likeness (QED) is 0.766. The zero-order valence-corrected chi connectivity index (χ0v) is 10.3. The largest absolute Gasteiger partial charge is 0.377 e. The Balaban J connectivity index is 2.07. The van der Waals surface area contributed by atoms with Gasteiger partial charge < -0.3 is 5.32 Å². The maximum atomic E-state index is 3.64. The molecule has 86 valence electrons. The topological polar surface area (TPSA) is 12.0 Å². The minimum Gasteiger partial charge on any atom is -0.377 e. The summed E-state index contributed by atoms with van der Waals surface area (Å²) in [7, 11) is 0. The normalized spacial score (nSPS) is 20.7. The first-order valence-electron chi connectivity index (χ1n) is 6.10. The Hall–Kier alpha value is -1.76. The molecule has 0 saturated carbocycles. The van der Waals surface area contributed by atoms with Gasteiger partial charge in [0.1, 0.15) is 0 Å². The first-order chi connectivity index (χ1) is 8.19. The lowest BCUT2D eigenvalue weighted by Crippen LogP contribution is -2.25. The Labute approximate surface area is 102 Å². The summed E-state index contributed by atoms with van der Waals surface area (Å²) in [4.78, 5) is 0. The summed E-state index contributed by atoms with van der Waals surface area (Å²) >= 11 is 0. The fourth-order valence-electron chi connectivity index (χ4n) is 2.81. The monoisotopic (exact) mass is 223 g/mol. The van der Waals surface area contributed by atoms with Crippen molar-refractivity contribution in [3.05, 3.63) is 65.7 Å². The van der Waals surface area contributed by atoms with E-state index >= 15 is 0 Å². The van der Waals surface area contributed by atoms with Crippen molar-refractivity contribution in [1.29, 1.82) is 0 Å². The van der Waals surface area contributed by atoms with Crippen LogP contribution < -0.4 is 5.32 Å². The number of nitrogens with one attached hydrogen (secondary N) is 1. The standard InChI is InChI=1S/C16H17N/c1-16(2)13-10-6-7-11-14(13)17-15(16)12-8-4-3-5-9-12/h3-11,15,17H,1-2H3. The highest BCUT2D eigenvalue weighted by molar-refractivity contribution is 5.62. The lowest BCUT2D eigenvalue weighted by molar-refractivity contribution is 0.474. The molecule has 0 aromatic heterocycles. The molecule has 1 heteroatoms. The third-order valence-electron chi connectivity index (χ3n) is 3.78. The fourth-order valence-corrected chi connectivity index (χ4v) is 2.81. The van der Waals surface area contributed by atoms with Gasteiger partial charge in [-0.1, -0.05) is 62.4 Å². The number of anilines is 1. The van der Waals surface area contributed by atoms with Gasteiger partial charge in [0.25, 0.3) is 0 Å². The predicted molar refractivity (Wildman–Crippen MR) is 72.3 cm³/mol. The summed E-state index contributed by atoms with van der Waals surface area (Å²) in [6, 6.07) is 19.7. The maximum Gasteiger partial charge on any atom is 0.0606 e. The molecule has 1 aliphatic heterocycles. The van der Waals surface area contributed by atoms with Crippen LogP contribution in [0.25, 0.3) is 0 Å². The van der Waals surface area contributed by atoms with Crippen molar-refractivity contribution in [3.8, 4) is 0 Å². The SMILES string of the molecule is CC1(C)c2ccccc2NC1c1ccccc1. The summed E-state index contributed by atoms with van der Waals surface area (Å²) in [5, 5.41) is 3.64. The van der Waals surface area contributed by atoms with Crippen LogP contribution in [0.3, 0.4) is 0 Å². The van der Waals surface area contributed by atoms with Crippen LogP contribution in [-0.4, -0.2) is 0 Å². The van der Waals surface area contributed by atoms with Crippen molar-refractivity contribution in [2.24, 2.45) is 0 Å². The number of rotatable bonds is 1. The molecule has 0 saturated heterocycles. The van der Waals surface area contributed by atoms with E-state index in [1.54, 1.807) is 0 Å². The van der Waals surface area contributed by atoms with Gasteiger partial charge in [-0.05, 0) is 17.2 Å². The van der Waals surface area contributed by atoms with E-state index in [0.717, 1.165) is 0 Å². The van der Waals surface area contributed by atoms with E-state index in [2.05, 4.69) is 73.8 Å². The van der Waals surface area contributed by atoms with Crippen LogP contribution in [0.15, 0.2) is 54.6 Å². The molecule has 1 atom stereocenters. The molecular formula is C16H17N. The third-order valence-corrected chi connectivity index (χ3v) is 3.78. The van der Waals surface area contributed by atoms with Gasteiger partial charge in [-0.15, -0.1) is 0 Å². The van der Waals surface area contributed by atoms with E-state index < -0.39 is 0 Å². The van der Waals surface area contributed by atoms with Crippen LogP contribution >= 0.6 is 0 Å². The highest BCUT2D eigenvalue weighted by atomic mass is 15.0. The number of para-hydroxylation sites is 1. The van der Waals surface area contributed by atoms with E-state index in [0.29, 0.717) is 6.04 Å². The minimum atomic E-state index is 0.137. The van der Waals surface area contributed by atoms with Crippen molar-refractivity contribution >= 4 is 5.69 Å². The Bertz CT molecular complexity index is 528. The molecule has 3 rings (SSSR count). The summed E-state index contributed by atoms with van der Waals surface area (Å²) in [6.07, 6.45) is 0. The average Bonchev–Trinajstić information content (AvgIpc) is 2.63. The van der Waals surface area contributed by atoms with Gasteiger partial charge in [-0.25, -0.2) is 0 Å². The van der Waals surface area contributed by atoms with E-state index in [4.69, 9.17) is 0 Å². The van der Waals surface area contributed by atoms with Gasteiger partial charge in [0.15, 0.2) is 0 Å². The van der Waals surface area contributed by atoms with Gasteiger partial charge in [0, 0.05) is 11.1 Å². The lowest BCUT2D eigenvalue weighted by atomic mass is 9.78. The second kappa shape index (κ2) is 3.63. The molecule has 1 aliphatic rings. The van der Waals surface area contributed by atoms with Gasteiger partial charge in [-0.2, -0.15) is 0 Å². The lowest BCUT2D eigenvalue weighted by Gasteiger charge is -2.28. The maximum absolute atomic E-state index is 3.64. The van der Waals surface area contributed by atoms with Gasteiger partial charge in [0.05, 0.1) is 6.04 Å². The van der Waals surface area contributed by atoms with Crippen molar-refractivity contribution < 1.29 is 0 Å². The zero-order chi connectivity index (χ0) is 11.9. The summed E-state index contributed by atoms with van der Waals surface area (Å²) in [5.74, 6) is 0. The number of fused-ring (bicyclic) bond motifs is 1. The molecule has 2 aromatic rings. The molecule has 1 nitrogen and oxygen atoms in total. The number of hydrogen-bond donors (Lipinski definition) is 1. The smallest absolute Gasteiger partial charge is 0.0606 e. The number of benzene rings is 2. The van der Waals surface area contributed by atoms with Crippen molar-refractivity contribution in [3.63, 3.8) is 0 Å². The van der Waals surface area contributed by atoms with E-state index in [1.807, 2.05) is 0 Å². The summed E-state index contributed by atoms with van der Waals surface area (Å²) < 4.78 is 0. The minimum absolute atomic E-state index is 0.137. The first-order valence-corrected chi connectivity index (χ1v) is 6.10. The van der Waals surface area contributed by atoms with Crippen molar-refractivity contribution in [1.82, 2.24) is 0 Å². The summed E-state index contributed by atoms with van der Waals surface area (Å²) in [5.41, 5.74) is 4.17. The predicted octanol–water partition coefficient (Wildman–Crippen LogP) is 4.13. The Morgan fingerprint density at radius 3 is 2.24 bits per heavy atom. The van der Waals surface area contributed by atoms with Gasteiger partial charge in [0.2, 0.25) is 0 Å². The number of hydrogen-bond acceptors (Lipinski definition) is 1. The van der Waals surface area contributed by atoms with E-state index in [9.17, 15) is 0 Å². The summed E-state index contributed by atoms with van der Waals surface area (Å²) in [6.45, 7) is 4.62. The van der Waals surface area contributed by atoms with Crippen LogP contribution in [0.1, 0.15) is 31.0 Å². The van der Waals surface area contributed by atoms with Crippen LogP contribution in [0.2, 0.25) is 0 Å². The molecule has 0 spiro atoms. The second-order valence-electron chi connectivity index (χ2n) is 5.26. The molecule has 0 fully saturated rings. The molecule has 2 aromatic carbocycles. The molecule has 0 amide bonds. The van der Waals surface area contributed by atoms with E-state index in [1.165, 1.54) is 16.8 Å². The Morgan fingerprint density at radius 2 is 1.53 bits per heavy atom. The molecule has 1 heterocycles. The molecule has 0 aliphatic carbocycles. The Morgan fingerprint density at radius 1 is 0.882 bits per heavy atom. The molecule has 1 N–H and O–H groups in total. The van der Waals surface area contributed by atoms with Crippen LogP contribution in [0.5, 0.6) is 0 Å². The average molecular weight is 223 g/mol. The molecule has 1 unspecified atom stereocenters. The molecule has 17 heavy (non-hydrogen) atoms. The van der Waals surface area contributed by atoms with E-state index in [-0.39, 0.29) is 5.41 Å². The van der Waals surface area contributed by atoms with Crippen molar-refractivity contribution in [2.75, 3.05) is 5.32 Å². The third kappa shape index (κ3) is 1.54. The molecule has 0 bridgehead atoms. The molecular weight excluding hydrogens is 206 g/mol. The van der Waals surface area contributed by atoms with Crippen molar-refractivity contribution in [2.45, 2.75) is 25.3 Å². The van der Waals surface area contributed by atoms with Gasteiger partial charge in [-0.3, -0.25) is 0 Å². The van der Waals surface area contributed by atoms with Gasteiger partial charge >= 0.3 is 0 Å². The highest BCUT2D eigenvalue weighted by Crippen LogP contribution is 2.47. The Kier molecular flexibility index (Phi) is 2.22. The highest BCUT2D eigenvalue weighted by Gasteiger charge is 2.39. The fraction of sp³-hybridized carbons (Fsp3) is 0.250. The zero-order valence-electron chi connectivity index (χ0n) is 10.3.